The Kier molecular flexibility index (Phi) is 8.37. The molecule has 9 nitrogen and oxygen atoms in total. The van der Waals surface area contributed by atoms with Crippen LogP contribution in [0.3, 0.4) is 0 Å². The number of carboxylic acid groups (broad SMARTS) is 1. The predicted molar refractivity (Wildman–Crippen MR) is 158 cm³/mol. The number of carbonyl (C=O) groups excluding carboxylic acids is 1. The zero-order valence-electron chi connectivity index (χ0n) is 23.6. The van der Waals surface area contributed by atoms with Crippen LogP contribution >= 0.6 is 11.3 Å². The first-order valence-corrected chi connectivity index (χ1v) is 14.2. The van der Waals surface area contributed by atoms with Crippen LogP contribution in [0.25, 0.3) is 17.4 Å². The van der Waals surface area contributed by atoms with Crippen LogP contribution in [0.4, 0.5) is 0 Å². The summed E-state index contributed by atoms with van der Waals surface area (Å²) in [5.74, 6) is -0.251. The number of fused-ring (bicyclic) bond motifs is 1. The number of benzene rings is 2. The maximum atomic E-state index is 13.9. The largest absolute Gasteiger partial charge is 0.478 e. The fraction of sp³-hybridized carbons (Fsp3) is 0.250. The van der Waals surface area contributed by atoms with Crippen molar-refractivity contribution in [2.24, 2.45) is 4.99 Å². The molecule has 4 aromatic rings. The zero-order valence-corrected chi connectivity index (χ0v) is 24.4. The van der Waals surface area contributed by atoms with Crippen LogP contribution in [0.5, 0.6) is 0 Å². The number of carbonyl (C=O) groups is 2. The molecule has 0 bridgehead atoms. The molecule has 1 N–H and O–H groups in total. The van der Waals surface area contributed by atoms with E-state index in [2.05, 4.69) is 18.8 Å². The molecule has 2 aromatic heterocycles. The van der Waals surface area contributed by atoms with E-state index in [0.29, 0.717) is 43.6 Å². The number of rotatable bonds is 9. The second-order valence-electron chi connectivity index (χ2n) is 10.1. The summed E-state index contributed by atoms with van der Waals surface area (Å²) in [7, 11) is 1.53. The molecule has 0 aliphatic carbocycles. The van der Waals surface area contributed by atoms with Gasteiger partial charge in [0.2, 0.25) is 0 Å². The fourth-order valence-corrected chi connectivity index (χ4v) is 5.78. The molecule has 1 aliphatic rings. The molecular formula is C32H30N2O7S. The van der Waals surface area contributed by atoms with Gasteiger partial charge in [-0.1, -0.05) is 61.6 Å². The highest BCUT2D eigenvalue weighted by Gasteiger charge is 2.33. The molecule has 216 valence electrons. The maximum Gasteiger partial charge on any atom is 0.338 e. The van der Waals surface area contributed by atoms with Crippen LogP contribution in [0, 0.1) is 0 Å². The molecule has 3 heterocycles. The van der Waals surface area contributed by atoms with Crippen molar-refractivity contribution in [2.45, 2.75) is 32.7 Å². The first kappa shape index (κ1) is 29.0. The number of aromatic carboxylic acids is 1. The van der Waals surface area contributed by atoms with Gasteiger partial charge in [0.15, 0.2) is 4.80 Å². The van der Waals surface area contributed by atoms with Crippen LogP contribution in [0.2, 0.25) is 0 Å². The maximum absolute atomic E-state index is 13.9. The van der Waals surface area contributed by atoms with E-state index in [1.165, 1.54) is 35.1 Å². The molecule has 5 rings (SSSR count). The van der Waals surface area contributed by atoms with Crippen molar-refractivity contribution in [3.63, 3.8) is 0 Å². The van der Waals surface area contributed by atoms with Gasteiger partial charge >= 0.3 is 11.9 Å². The molecule has 10 heteroatoms. The number of ether oxygens (including phenoxy) is 2. The minimum Gasteiger partial charge on any atom is -0.478 e. The topological polar surface area (TPSA) is 120 Å². The van der Waals surface area contributed by atoms with Crippen molar-refractivity contribution >= 4 is 29.4 Å². The highest BCUT2D eigenvalue weighted by Crippen LogP contribution is 2.31. The minimum absolute atomic E-state index is 0.0788. The van der Waals surface area contributed by atoms with E-state index < -0.39 is 18.0 Å². The van der Waals surface area contributed by atoms with E-state index in [4.69, 9.17) is 19.0 Å². The smallest absolute Gasteiger partial charge is 0.338 e. The summed E-state index contributed by atoms with van der Waals surface area (Å²) in [6.45, 7) is 6.28. The highest BCUT2D eigenvalue weighted by atomic mass is 32.1. The number of methoxy groups -OCH3 is 1. The standard InChI is InChI=1S/C32H30N2O7S/c1-18(2)20-5-9-22(10-6-20)28-27(31(38)40-16-15-39-4)19(3)33-32-34(28)29(35)26(42-32)17-24-13-14-25(41-24)21-7-11-23(12-8-21)30(36)37/h5-14,17-18,28H,15-16H2,1-4H3,(H,36,37). The van der Waals surface area contributed by atoms with Gasteiger partial charge in [-0.15, -0.1) is 0 Å². The Bertz CT molecular complexity index is 1840. The molecule has 0 fully saturated rings. The second kappa shape index (κ2) is 12.1. The number of nitrogens with zero attached hydrogens (tertiary/aromatic N) is 2. The fourth-order valence-electron chi connectivity index (χ4n) is 4.75. The Morgan fingerprint density at radius 3 is 2.43 bits per heavy atom. The van der Waals surface area contributed by atoms with Crippen molar-refractivity contribution in [1.82, 2.24) is 4.57 Å². The Hall–Kier alpha value is -4.54. The Morgan fingerprint density at radius 1 is 1.07 bits per heavy atom. The zero-order chi connectivity index (χ0) is 30.0. The summed E-state index contributed by atoms with van der Waals surface area (Å²) in [5, 5.41) is 9.15. The number of furan rings is 1. The number of allylic oxidation sites excluding steroid dienone is 1. The van der Waals surface area contributed by atoms with E-state index in [1.54, 1.807) is 37.3 Å². The third-order valence-electron chi connectivity index (χ3n) is 7.00. The first-order valence-electron chi connectivity index (χ1n) is 13.4. The Balaban J connectivity index is 1.57. The van der Waals surface area contributed by atoms with Crippen LogP contribution in [-0.4, -0.2) is 41.9 Å². The second-order valence-corrected chi connectivity index (χ2v) is 11.1. The Labute approximate surface area is 245 Å². The average molecular weight is 587 g/mol. The summed E-state index contributed by atoms with van der Waals surface area (Å²) >= 11 is 1.21. The van der Waals surface area contributed by atoms with Crippen molar-refractivity contribution in [3.8, 4) is 11.3 Å². The van der Waals surface area contributed by atoms with Gasteiger partial charge in [0.05, 0.1) is 34.0 Å². The number of thiazole rings is 1. The molecule has 1 aliphatic heterocycles. The van der Waals surface area contributed by atoms with Crippen LogP contribution in [0.1, 0.15) is 60.0 Å². The third kappa shape index (κ3) is 5.77. The van der Waals surface area contributed by atoms with Gasteiger partial charge in [0.1, 0.15) is 18.1 Å². The van der Waals surface area contributed by atoms with E-state index in [1.807, 2.05) is 24.3 Å². The van der Waals surface area contributed by atoms with Gasteiger partial charge < -0.3 is 19.0 Å². The molecule has 0 saturated carbocycles. The molecule has 1 atom stereocenters. The summed E-state index contributed by atoms with van der Waals surface area (Å²) < 4.78 is 18.4. The molecule has 0 radical (unpaired) electrons. The lowest BCUT2D eigenvalue weighted by molar-refractivity contribution is -0.140. The summed E-state index contributed by atoms with van der Waals surface area (Å²) in [6.07, 6.45) is 1.65. The van der Waals surface area contributed by atoms with E-state index in [9.17, 15) is 14.4 Å². The van der Waals surface area contributed by atoms with Gasteiger partial charge in [-0.2, -0.15) is 0 Å². The molecule has 1 unspecified atom stereocenters. The summed E-state index contributed by atoms with van der Waals surface area (Å²) in [6, 6.07) is 17.0. The molecule has 0 amide bonds. The Morgan fingerprint density at radius 2 is 1.79 bits per heavy atom. The summed E-state index contributed by atoms with van der Waals surface area (Å²) in [5.41, 5.74) is 3.26. The van der Waals surface area contributed by atoms with Crippen molar-refractivity contribution < 1.29 is 28.6 Å². The van der Waals surface area contributed by atoms with Crippen LogP contribution < -0.4 is 14.9 Å². The van der Waals surface area contributed by atoms with Crippen molar-refractivity contribution in [1.29, 1.82) is 0 Å². The molecule has 42 heavy (non-hydrogen) atoms. The first-order chi connectivity index (χ1) is 20.2. The average Bonchev–Trinajstić information content (AvgIpc) is 3.56. The van der Waals surface area contributed by atoms with E-state index in [-0.39, 0.29) is 24.3 Å². The van der Waals surface area contributed by atoms with Crippen molar-refractivity contribution in [2.75, 3.05) is 20.3 Å². The van der Waals surface area contributed by atoms with Crippen molar-refractivity contribution in [3.05, 3.63) is 114 Å². The normalized spacial score (nSPS) is 15.1. The number of aromatic nitrogens is 1. The van der Waals surface area contributed by atoms with Gasteiger partial charge in [0, 0.05) is 18.7 Å². The molecule has 2 aromatic carbocycles. The van der Waals surface area contributed by atoms with Gasteiger partial charge in [-0.05, 0) is 48.2 Å². The predicted octanol–water partition coefficient (Wildman–Crippen LogP) is 4.51. The number of hydrogen-bond donors (Lipinski definition) is 1. The quantitative estimate of drug-likeness (QED) is 0.226. The lowest BCUT2D eigenvalue weighted by atomic mass is 9.93. The number of hydrogen-bond acceptors (Lipinski definition) is 8. The lowest BCUT2D eigenvalue weighted by Gasteiger charge is -2.25. The van der Waals surface area contributed by atoms with E-state index in [0.717, 1.165) is 11.1 Å². The molecule has 0 spiro atoms. The lowest BCUT2D eigenvalue weighted by Crippen LogP contribution is -2.40. The van der Waals surface area contributed by atoms with Gasteiger partial charge in [-0.25, -0.2) is 14.6 Å². The third-order valence-corrected chi connectivity index (χ3v) is 7.98. The molecular weight excluding hydrogens is 556 g/mol. The van der Waals surface area contributed by atoms with E-state index >= 15 is 0 Å². The SMILES string of the molecule is COCCOC(=O)C1=C(C)N=c2sc(=Cc3ccc(-c4ccc(C(=O)O)cc4)o3)c(=O)n2C1c1ccc(C(C)C)cc1. The monoisotopic (exact) mass is 586 g/mol. The highest BCUT2D eigenvalue weighted by molar-refractivity contribution is 7.07. The number of esters is 1. The van der Waals surface area contributed by atoms with Gasteiger partial charge in [-0.3, -0.25) is 9.36 Å². The summed E-state index contributed by atoms with van der Waals surface area (Å²) in [4.78, 5) is 43.4. The van der Waals surface area contributed by atoms with Crippen LogP contribution in [-0.2, 0) is 14.3 Å². The number of carboxylic acids is 1. The molecule has 0 saturated heterocycles. The minimum atomic E-state index is -1.01. The van der Waals surface area contributed by atoms with Gasteiger partial charge in [0.25, 0.3) is 5.56 Å². The van der Waals surface area contributed by atoms with Crippen LogP contribution in [0.15, 0.2) is 86.1 Å².